The summed E-state index contributed by atoms with van der Waals surface area (Å²) >= 11 is 0. The van der Waals surface area contributed by atoms with Gasteiger partial charge in [0, 0.05) is 23.2 Å². The highest BCUT2D eigenvalue weighted by Gasteiger charge is 2.34. The second-order valence-electron chi connectivity index (χ2n) is 8.93. The van der Waals surface area contributed by atoms with Gasteiger partial charge in [0.25, 0.3) is 5.89 Å². The van der Waals surface area contributed by atoms with Crippen molar-refractivity contribution in [1.29, 1.82) is 0 Å². The first-order chi connectivity index (χ1) is 14.9. The van der Waals surface area contributed by atoms with E-state index in [1.807, 2.05) is 24.3 Å². The predicted octanol–water partition coefficient (Wildman–Crippen LogP) is 5.12. The number of carboxylic acids is 1. The van der Waals surface area contributed by atoms with E-state index < -0.39 is 5.97 Å². The van der Waals surface area contributed by atoms with Gasteiger partial charge in [0.05, 0.1) is 5.92 Å². The van der Waals surface area contributed by atoms with E-state index in [4.69, 9.17) is 9.63 Å². The van der Waals surface area contributed by atoms with Crippen molar-refractivity contribution in [3.63, 3.8) is 0 Å². The molecule has 0 radical (unpaired) electrons. The van der Waals surface area contributed by atoms with Crippen molar-refractivity contribution in [1.82, 2.24) is 15.5 Å². The van der Waals surface area contributed by atoms with Crippen LogP contribution in [-0.4, -0.2) is 27.3 Å². The number of hydrogen-bond acceptors (Lipinski definition) is 5. The number of benzene rings is 2. The Hall–Kier alpha value is -2.99. The van der Waals surface area contributed by atoms with Gasteiger partial charge in [-0.15, -0.1) is 0 Å². The zero-order valence-electron chi connectivity index (χ0n) is 18.2. The van der Waals surface area contributed by atoms with Crippen LogP contribution < -0.4 is 5.32 Å². The molecule has 6 nitrogen and oxygen atoms in total. The van der Waals surface area contributed by atoms with Gasteiger partial charge in [-0.05, 0) is 55.4 Å². The van der Waals surface area contributed by atoms with Crippen molar-refractivity contribution in [2.75, 3.05) is 0 Å². The van der Waals surface area contributed by atoms with Crippen molar-refractivity contribution in [3.8, 4) is 22.8 Å². The van der Waals surface area contributed by atoms with Crippen molar-refractivity contribution in [3.05, 3.63) is 59.7 Å². The summed E-state index contributed by atoms with van der Waals surface area (Å²) in [4.78, 5) is 15.5. The molecule has 4 rings (SSSR count). The van der Waals surface area contributed by atoms with Gasteiger partial charge in [-0.3, -0.25) is 4.79 Å². The molecule has 1 fully saturated rings. The lowest BCUT2D eigenvalue weighted by atomic mass is 9.80. The van der Waals surface area contributed by atoms with E-state index in [1.54, 1.807) is 0 Å². The van der Waals surface area contributed by atoms with Crippen LogP contribution in [0, 0.1) is 11.8 Å². The Labute approximate surface area is 182 Å². The first kappa shape index (κ1) is 21.2. The minimum Gasteiger partial charge on any atom is -0.481 e. The summed E-state index contributed by atoms with van der Waals surface area (Å²) in [6.07, 6.45) is 2.44. The number of carbonyl (C=O) groups is 1. The average Bonchev–Trinajstić information content (AvgIpc) is 3.20. The molecule has 0 unspecified atom stereocenters. The minimum absolute atomic E-state index is 0.152. The molecular weight excluding hydrogens is 390 g/mol. The van der Waals surface area contributed by atoms with Gasteiger partial charge < -0.3 is 14.9 Å². The fourth-order valence-electron chi connectivity index (χ4n) is 4.04. The van der Waals surface area contributed by atoms with Gasteiger partial charge in [-0.2, -0.15) is 4.98 Å². The molecule has 1 aliphatic carbocycles. The standard InChI is InChI=1S/C25H29N3O3/c1-15(2)12-17-4-6-20(7-5-17)24-27-23(28-31-24)19-10-8-18(9-11-19)16(3)26-22-13-21(14-22)25(29)30/h4-11,15-16,21-22,26H,12-14H2,1-3H3,(H,29,30)/t16-,21-,22-/m0/s1. The topological polar surface area (TPSA) is 88.2 Å². The van der Waals surface area contributed by atoms with Gasteiger partial charge in [-0.1, -0.05) is 55.4 Å². The van der Waals surface area contributed by atoms with Crippen LogP contribution in [0.2, 0.25) is 0 Å². The summed E-state index contributed by atoms with van der Waals surface area (Å²) in [5, 5.41) is 16.7. The number of nitrogens with one attached hydrogen (secondary N) is 1. The Bertz CT molecular complexity index is 1020. The molecule has 2 aromatic carbocycles. The highest BCUT2D eigenvalue weighted by molar-refractivity contribution is 5.71. The van der Waals surface area contributed by atoms with E-state index in [-0.39, 0.29) is 18.0 Å². The van der Waals surface area contributed by atoms with Crippen molar-refractivity contribution in [2.24, 2.45) is 11.8 Å². The Balaban J connectivity index is 1.38. The van der Waals surface area contributed by atoms with E-state index in [1.165, 1.54) is 5.56 Å². The molecule has 1 saturated carbocycles. The second kappa shape index (κ2) is 9.02. The highest BCUT2D eigenvalue weighted by Crippen LogP contribution is 2.30. The molecule has 1 atom stereocenters. The second-order valence-corrected chi connectivity index (χ2v) is 8.93. The third-order valence-corrected chi connectivity index (χ3v) is 5.91. The average molecular weight is 420 g/mol. The molecule has 0 spiro atoms. The normalized spacial score (nSPS) is 19.2. The first-order valence-electron chi connectivity index (χ1n) is 10.9. The SMILES string of the molecule is CC(C)Cc1ccc(-c2nc(-c3ccc([C@H](C)N[C@H]4C[C@H](C(=O)O)C4)cc3)no2)cc1. The molecule has 0 amide bonds. The molecule has 31 heavy (non-hydrogen) atoms. The highest BCUT2D eigenvalue weighted by atomic mass is 16.5. The molecular formula is C25H29N3O3. The number of carboxylic acid groups (broad SMARTS) is 1. The van der Waals surface area contributed by atoms with Crippen LogP contribution in [0.1, 0.15) is 50.8 Å². The van der Waals surface area contributed by atoms with E-state index in [0.717, 1.165) is 23.1 Å². The lowest BCUT2D eigenvalue weighted by Crippen LogP contribution is -2.45. The van der Waals surface area contributed by atoms with E-state index >= 15 is 0 Å². The molecule has 1 aliphatic rings. The maximum Gasteiger partial charge on any atom is 0.306 e. The van der Waals surface area contributed by atoms with E-state index in [2.05, 4.69) is 60.5 Å². The number of hydrogen-bond donors (Lipinski definition) is 2. The molecule has 0 aliphatic heterocycles. The molecule has 0 saturated heterocycles. The van der Waals surface area contributed by atoms with Crippen LogP contribution in [-0.2, 0) is 11.2 Å². The maximum absolute atomic E-state index is 11.0. The zero-order chi connectivity index (χ0) is 22.0. The van der Waals surface area contributed by atoms with Crippen LogP contribution in [0.25, 0.3) is 22.8 Å². The largest absolute Gasteiger partial charge is 0.481 e. The molecule has 0 bridgehead atoms. The summed E-state index contributed by atoms with van der Waals surface area (Å²) in [5.74, 6) is 0.809. The van der Waals surface area contributed by atoms with Crippen molar-refractivity contribution >= 4 is 5.97 Å². The van der Waals surface area contributed by atoms with Crippen molar-refractivity contribution in [2.45, 2.75) is 52.1 Å². The number of rotatable bonds is 8. The maximum atomic E-state index is 11.0. The minimum atomic E-state index is -0.693. The third-order valence-electron chi connectivity index (χ3n) is 5.91. The fraction of sp³-hybridized carbons (Fsp3) is 0.400. The number of nitrogens with zero attached hydrogens (tertiary/aromatic N) is 2. The lowest BCUT2D eigenvalue weighted by Gasteiger charge is -2.35. The van der Waals surface area contributed by atoms with E-state index in [0.29, 0.717) is 30.5 Å². The molecule has 2 N–H and O–H groups in total. The molecule has 6 heteroatoms. The summed E-state index contributed by atoms with van der Waals surface area (Å²) in [7, 11) is 0. The Morgan fingerprint density at radius 3 is 2.32 bits per heavy atom. The summed E-state index contributed by atoms with van der Waals surface area (Å²) in [6, 6.07) is 16.8. The molecule has 162 valence electrons. The van der Waals surface area contributed by atoms with Crippen LogP contribution in [0.15, 0.2) is 53.1 Å². The van der Waals surface area contributed by atoms with Gasteiger partial charge in [0.15, 0.2) is 0 Å². The Kier molecular flexibility index (Phi) is 6.18. The predicted molar refractivity (Wildman–Crippen MR) is 119 cm³/mol. The zero-order valence-corrected chi connectivity index (χ0v) is 18.2. The molecule has 3 aromatic rings. The van der Waals surface area contributed by atoms with Gasteiger partial charge >= 0.3 is 5.97 Å². The van der Waals surface area contributed by atoms with Crippen LogP contribution in [0.5, 0.6) is 0 Å². The smallest absolute Gasteiger partial charge is 0.306 e. The summed E-state index contributed by atoms with van der Waals surface area (Å²) in [5.41, 5.74) is 4.27. The monoisotopic (exact) mass is 419 g/mol. The van der Waals surface area contributed by atoms with Crippen LogP contribution in [0.3, 0.4) is 0 Å². The van der Waals surface area contributed by atoms with E-state index in [9.17, 15) is 4.79 Å². The quantitative estimate of drug-likeness (QED) is 0.527. The summed E-state index contributed by atoms with van der Waals surface area (Å²) in [6.45, 7) is 6.52. The Morgan fingerprint density at radius 1 is 1.06 bits per heavy atom. The van der Waals surface area contributed by atoms with Gasteiger partial charge in [-0.25, -0.2) is 0 Å². The molecule has 1 aromatic heterocycles. The fourth-order valence-corrected chi connectivity index (χ4v) is 4.04. The van der Waals surface area contributed by atoms with Crippen LogP contribution >= 0.6 is 0 Å². The number of aliphatic carboxylic acids is 1. The number of aromatic nitrogens is 2. The molecule has 1 heterocycles. The van der Waals surface area contributed by atoms with Crippen molar-refractivity contribution < 1.29 is 14.4 Å². The lowest BCUT2D eigenvalue weighted by molar-refractivity contribution is -0.145. The third kappa shape index (κ3) is 5.02. The van der Waals surface area contributed by atoms with Gasteiger partial charge in [0.1, 0.15) is 0 Å². The van der Waals surface area contributed by atoms with Crippen LogP contribution in [0.4, 0.5) is 0 Å². The van der Waals surface area contributed by atoms with Gasteiger partial charge in [0.2, 0.25) is 5.82 Å². The summed E-state index contributed by atoms with van der Waals surface area (Å²) < 4.78 is 5.49. The Morgan fingerprint density at radius 2 is 1.71 bits per heavy atom. The first-order valence-corrected chi connectivity index (χ1v) is 10.9.